The van der Waals surface area contributed by atoms with E-state index in [1.807, 2.05) is 39.0 Å². The van der Waals surface area contributed by atoms with Crippen molar-refractivity contribution in [2.24, 2.45) is 0 Å². The quantitative estimate of drug-likeness (QED) is 0.190. The normalized spacial score (nSPS) is 16.8. The molecule has 0 bridgehead atoms. The van der Waals surface area contributed by atoms with Gasteiger partial charge in [-0.1, -0.05) is 18.2 Å². The molecule has 1 aliphatic rings. The fraction of sp³-hybridized carbons (Fsp3) is 0.233. The molecule has 2 N–H and O–H groups in total. The molecule has 1 amide bonds. The van der Waals surface area contributed by atoms with Gasteiger partial charge in [0.25, 0.3) is 5.78 Å². The summed E-state index contributed by atoms with van der Waals surface area (Å²) in [5, 5.41) is 11.6. The zero-order valence-corrected chi connectivity index (χ0v) is 22.3. The number of imidazole rings is 1. The van der Waals surface area contributed by atoms with Crippen LogP contribution in [0.15, 0.2) is 66.2 Å². The van der Waals surface area contributed by atoms with Crippen LogP contribution in [0.5, 0.6) is 17.2 Å². The number of anilines is 1. The molecule has 1 fully saturated rings. The number of fused-ring (bicyclic) bond motifs is 1. The van der Waals surface area contributed by atoms with E-state index in [2.05, 4.69) is 9.97 Å². The van der Waals surface area contributed by atoms with E-state index in [1.54, 1.807) is 42.5 Å². The number of carbonyl (C=O) groups is 2. The third-order valence-electron chi connectivity index (χ3n) is 6.53. The van der Waals surface area contributed by atoms with Gasteiger partial charge in [-0.15, -0.1) is 0 Å². The average Bonchev–Trinajstić information content (AvgIpc) is 3.45. The number of aliphatic hydroxyl groups is 1. The third kappa shape index (κ3) is 4.67. The number of aromatic nitrogens is 2. The van der Waals surface area contributed by atoms with Crippen LogP contribution in [0.25, 0.3) is 16.8 Å². The molecule has 1 saturated heterocycles. The maximum Gasteiger partial charge on any atom is 0.302 e. The number of benzene rings is 3. The van der Waals surface area contributed by atoms with Crippen LogP contribution in [0.3, 0.4) is 0 Å². The molecule has 200 valence electrons. The lowest BCUT2D eigenvalue weighted by Gasteiger charge is -2.23. The largest absolute Gasteiger partial charge is 0.507 e. The Morgan fingerprint density at radius 3 is 2.36 bits per heavy atom. The van der Waals surface area contributed by atoms with Crippen molar-refractivity contribution in [1.29, 1.82) is 0 Å². The minimum atomic E-state index is -0.976. The zero-order valence-electron chi connectivity index (χ0n) is 22.3. The van der Waals surface area contributed by atoms with E-state index < -0.39 is 17.7 Å². The highest BCUT2D eigenvalue weighted by molar-refractivity contribution is 6.51. The van der Waals surface area contributed by atoms with Crippen LogP contribution in [0, 0.1) is 6.92 Å². The van der Waals surface area contributed by atoms with Crippen LogP contribution in [0.4, 0.5) is 5.95 Å². The number of methoxy groups -OCH3 is 2. The highest BCUT2D eigenvalue weighted by atomic mass is 16.5. The van der Waals surface area contributed by atoms with E-state index in [1.165, 1.54) is 19.1 Å². The zero-order chi connectivity index (χ0) is 27.8. The maximum absolute atomic E-state index is 13.6. The summed E-state index contributed by atoms with van der Waals surface area (Å²) >= 11 is 0. The van der Waals surface area contributed by atoms with Gasteiger partial charge in [0.2, 0.25) is 5.95 Å². The van der Waals surface area contributed by atoms with Gasteiger partial charge >= 0.3 is 5.91 Å². The first-order chi connectivity index (χ1) is 18.7. The number of Topliss-reactive ketones (excluding diaryl/α,β-unsaturated/α-hetero) is 1. The van der Waals surface area contributed by atoms with Gasteiger partial charge in [0.05, 0.1) is 48.5 Å². The molecule has 4 aromatic rings. The second-order valence-corrected chi connectivity index (χ2v) is 9.55. The van der Waals surface area contributed by atoms with Gasteiger partial charge in [-0.25, -0.2) is 4.98 Å². The summed E-state index contributed by atoms with van der Waals surface area (Å²) in [6.07, 6.45) is -0.0268. The minimum absolute atomic E-state index is 0.0268. The summed E-state index contributed by atoms with van der Waals surface area (Å²) < 4.78 is 16.6. The average molecular weight is 528 g/mol. The SMILES string of the molecule is COc1ccc(OC)c(/C(O)=C2\C(=O)C(=O)N(c3nc4ccc(C)cc4[nH]3)C2c2ccc(OC(C)C)cc2)c1. The number of ketones is 1. The molecule has 1 aromatic heterocycles. The summed E-state index contributed by atoms with van der Waals surface area (Å²) in [4.78, 5) is 36.2. The standard InChI is InChI=1S/C30H29N3O6/c1-16(2)39-19-9-7-18(8-10-19)26-25(27(34)21-15-20(37-4)11-13-24(21)38-5)28(35)29(36)33(26)30-31-22-12-6-17(3)14-23(22)32-30/h6-16,26,34H,1-5H3,(H,31,32)/b27-25+. The molecular weight excluding hydrogens is 498 g/mol. The summed E-state index contributed by atoms with van der Waals surface area (Å²) in [7, 11) is 2.95. The van der Waals surface area contributed by atoms with Crippen molar-refractivity contribution in [3.05, 3.63) is 82.9 Å². The number of aliphatic hydroxyl groups excluding tert-OH is 1. The Morgan fingerprint density at radius 2 is 1.69 bits per heavy atom. The van der Waals surface area contributed by atoms with Crippen LogP contribution in [0.2, 0.25) is 0 Å². The topological polar surface area (TPSA) is 114 Å². The van der Waals surface area contributed by atoms with Crippen molar-refractivity contribution >= 4 is 34.4 Å². The number of nitrogens with zero attached hydrogens (tertiary/aromatic N) is 2. The molecule has 9 heteroatoms. The number of H-pyrrole nitrogens is 1. The third-order valence-corrected chi connectivity index (χ3v) is 6.53. The number of rotatable bonds is 7. The lowest BCUT2D eigenvalue weighted by molar-refractivity contribution is -0.132. The second-order valence-electron chi connectivity index (χ2n) is 9.55. The van der Waals surface area contributed by atoms with Crippen molar-refractivity contribution in [3.63, 3.8) is 0 Å². The van der Waals surface area contributed by atoms with Crippen molar-refractivity contribution in [3.8, 4) is 17.2 Å². The van der Waals surface area contributed by atoms with Gasteiger partial charge in [-0.3, -0.25) is 14.5 Å². The van der Waals surface area contributed by atoms with Gasteiger partial charge in [0.1, 0.15) is 23.0 Å². The molecular formula is C30H29N3O6. The number of carbonyl (C=O) groups excluding carboxylic acids is 2. The molecule has 1 unspecified atom stereocenters. The number of hydrogen-bond acceptors (Lipinski definition) is 7. The maximum atomic E-state index is 13.6. The van der Waals surface area contributed by atoms with Gasteiger partial charge in [-0.2, -0.15) is 0 Å². The van der Waals surface area contributed by atoms with Crippen LogP contribution >= 0.6 is 0 Å². The predicted octanol–water partition coefficient (Wildman–Crippen LogP) is 5.30. The Hall–Kier alpha value is -4.79. The Balaban J connectivity index is 1.72. The lowest BCUT2D eigenvalue weighted by Crippen LogP contribution is -2.30. The van der Waals surface area contributed by atoms with Crippen LogP contribution in [-0.2, 0) is 9.59 Å². The first-order valence-corrected chi connectivity index (χ1v) is 12.5. The minimum Gasteiger partial charge on any atom is -0.507 e. The molecule has 39 heavy (non-hydrogen) atoms. The predicted molar refractivity (Wildman–Crippen MR) is 147 cm³/mol. The highest BCUT2D eigenvalue weighted by Crippen LogP contribution is 2.43. The van der Waals surface area contributed by atoms with Crippen LogP contribution < -0.4 is 19.1 Å². The van der Waals surface area contributed by atoms with E-state index in [-0.39, 0.29) is 28.9 Å². The fourth-order valence-corrected chi connectivity index (χ4v) is 4.74. The molecule has 9 nitrogen and oxygen atoms in total. The fourth-order valence-electron chi connectivity index (χ4n) is 4.74. The number of ether oxygens (including phenoxy) is 3. The molecule has 0 aliphatic carbocycles. The number of aromatic amines is 1. The van der Waals surface area contributed by atoms with E-state index in [4.69, 9.17) is 14.2 Å². The number of nitrogens with one attached hydrogen (secondary N) is 1. The number of amides is 1. The molecule has 1 atom stereocenters. The Kier molecular flexibility index (Phi) is 6.74. The van der Waals surface area contributed by atoms with E-state index in [0.29, 0.717) is 28.3 Å². The van der Waals surface area contributed by atoms with Gasteiger partial charge in [0, 0.05) is 0 Å². The van der Waals surface area contributed by atoms with Crippen LogP contribution in [0.1, 0.15) is 36.6 Å². The Morgan fingerprint density at radius 1 is 0.974 bits per heavy atom. The molecule has 0 radical (unpaired) electrons. The summed E-state index contributed by atoms with van der Waals surface area (Å²) in [6.45, 7) is 5.80. The van der Waals surface area contributed by atoms with Gasteiger partial charge < -0.3 is 24.3 Å². The molecule has 2 heterocycles. The molecule has 1 aliphatic heterocycles. The number of hydrogen-bond donors (Lipinski definition) is 2. The lowest BCUT2D eigenvalue weighted by atomic mass is 9.95. The van der Waals surface area contributed by atoms with Crippen LogP contribution in [-0.4, -0.2) is 47.1 Å². The summed E-state index contributed by atoms with van der Waals surface area (Å²) in [5.74, 6) is -0.445. The first kappa shape index (κ1) is 25.8. The van der Waals surface area contributed by atoms with Crippen molar-refractivity contribution < 1.29 is 28.9 Å². The highest BCUT2D eigenvalue weighted by Gasteiger charge is 2.48. The summed E-state index contributed by atoms with van der Waals surface area (Å²) in [6, 6.07) is 16.6. The first-order valence-electron chi connectivity index (χ1n) is 12.5. The monoisotopic (exact) mass is 527 g/mol. The second kappa shape index (κ2) is 10.2. The molecule has 5 rings (SSSR count). The Labute approximate surface area is 225 Å². The molecule has 3 aromatic carbocycles. The van der Waals surface area contributed by atoms with Gasteiger partial charge in [-0.05, 0) is 74.4 Å². The summed E-state index contributed by atoms with van der Waals surface area (Å²) in [5.41, 5.74) is 3.10. The van der Waals surface area contributed by atoms with Crippen molar-refractivity contribution in [2.45, 2.75) is 32.9 Å². The van der Waals surface area contributed by atoms with Gasteiger partial charge in [0.15, 0.2) is 0 Å². The smallest absolute Gasteiger partial charge is 0.302 e. The van der Waals surface area contributed by atoms with E-state index in [0.717, 1.165) is 11.1 Å². The number of aryl methyl sites for hydroxylation is 1. The molecule has 0 spiro atoms. The molecule has 0 saturated carbocycles. The Bertz CT molecular complexity index is 1600. The van der Waals surface area contributed by atoms with E-state index >= 15 is 0 Å². The van der Waals surface area contributed by atoms with Crippen molar-refractivity contribution in [2.75, 3.05) is 19.1 Å². The van der Waals surface area contributed by atoms with E-state index in [9.17, 15) is 14.7 Å². The van der Waals surface area contributed by atoms with Crippen molar-refractivity contribution in [1.82, 2.24) is 9.97 Å².